The van der Waals surface area contributed by atoms with Crippen LogP contribution >= 0.6 is 0 Å². The first kappa shape index (κ1) is 13.3. The first-order chi connectivity index (χ1) is 6.61. The van der Waals surface area contributed by atoms with Gasteiger partial charge in [-0.05, 0) is 12.1 Å². The Bertz CT molecular complexity index is 388. The number of carboxylic acid groups (broad SMARTS) is 2. The van der Waals surface area contributed by atoms with E-state index in [1.54, 1.807) is 12.1 Å². The van der Waals surface area contributed by atoms with Crippen LogP contribution in [0.3, 0.4) is 0 Å². The summed E-state index contributed by atoms with van der Waals surface area (Å²) in [4.78, 5) is 24.7. The summed E-state index contributed by atoms with van der Waals surface area (Å²) in [5, 5.41) is 17.1. The summed E-state index contributed by atoms with van der Waals surface area (Å²) < 4.78 is 0. The third kappa shape index (κ3) is 3.93. The van der Waals surface area contributed by atoms with Crippen molar-refractivity contribution in [3.63, 3.8) is 0 Å². The van der Waals surface area contributed by atoms with Crippen LogP contribution in [0.2, 0.25) is 0 Å². The Hall–Kier alpha value is -1.65. The zero-order chi connectivity index (χ0) is 10.6. The molecule has 0 aliphatic carbocycles. The molecule has 1 aromatic heterocycles. The number of hydrogen-bond donors (Lipinski definition) is 2. The van der Waals surface area contributed by atoms with Crippen molar-refractivity contribution in [2.75, 3.05) is 0 Å². The van der Waals surface area contributed by atoms with Crippen molar-refractivity contribution in [2.24, 2.45) is 0 Å². The summed E-state index contributed by atoms with van der Waals surface area (Å²) >= 11 is 0. The molecule has 0 amide bonds. The maximum atomic E-state index is 10.7. The normalized spacial score (nSPS) is 10.3. The second kappa shape index (κ2) is 5.95. The molecule has 0 saturated carbocycles. The number of aromatic nitrogens is 1. The van der Waals surface area contributed by atoms with Crippen LogP contribution in [0.4, 0.5) is 0 Å². The van der Waals surface area contributed by atoms with Crippen molar-refractivity contribution in [1.82, 2.24) is 4.98 Å². The molecule has 1 heterocycles. The van der Waals surface area contributed by atoms with Crippen LogP contribution < -0.4 is 0 Å². The predicted octanol–water partition coefficient (Wildman–Crippen LogP) is 0.632. The van der Waals surface area contributed by atoms with Gasteiger partial charge in [0.05, 0.1) is 11.3 Å². The fourth-order valence-electron chi connectivity index (χ4n) is 0.891. The van der Waals surface area contributed by atoms with Gasteiger partial charge in [-0.3, -0.25) is 4.98 Å². The van der Waals surface area contributed by atoms with E-state index in [1.807, 2.05) is 0 Å². The van der Waals surface area contributed by atoms with Gasteiger partial charge in [-0.15, -0.1) is 0 Å². The van der Waals surface area contributed by atoms with Crippen LogP contribution in [-0.4, -0.2) is 27.1 Å². The molecule has 0 aliphatic heterocycles. The van der Waals surface area contributed by atoms with E-state index in [9.17, 15) is 9.59 Å². The number of aliphatic carboxylic acids is 2. The molecule has 1 rings (SSSR count). The Kier molecular flexibility index (Phi) is 5.30. The summed E-state index contributed by atoms with van der Waals surface area (Å²) in [7, 11) is 0. The second-order valence-electron chi connectivity index (χ2n) is 2.42. The average Bonchev–Trinajstić information content (AvgIpc) is 2.15. The molecule has 0 aliphatic rings. The first-order valence-electron chi connectivity index (χ1n) is 3.70. The SMILES string of the molecule is O=C(O)/C=C(/C(=O)O)c1ccccn1.[Cu]. The van der Waals surface area contributed by atoms with Gasteiger partial charge in [-0.1, -0.05) is 6.07 Å². The molecular weight excluding hydrogens is 250 g/mol. The van der Waals surface area contributed by atoms with Crippen molar-refractivity contribution < 1.29 is 36.9 Å². The van der Waals surface area contributed by atoms with Crippen LogP contribution in [0.25, 0.3) is 5.57 Å². The Labute approximate surface area is 95.9 Å². The predicted molar refractivity (Wildman–Crippen MR) is 47.5 cm³/mol. The molecule has 2 N–H and O–H groups in total. The number of carbonyl (C=O) groups is 2. The van der Waals surface area contributed by atoms with Gasteiger partial charge < -0.3 is 10.2 Å². The Balaban J connectivity index is 0.00000196. The smallest absolute Gasteiger partial charge is 0.338 e. The molecule has 15 heavy (non-hydrogen) atoms. The molecule has 83 valence electrons. The maximum Gasteiger partial charge on any atom is 0.338 e. The minimum absolute atomic E-state index is 0. The standard InChI is InChI=1S/C9H7NO4.Cu/c11-8(12)5-6(9(13)14)7-3-1-2-4-10-7;/h1-5H,(H,11,12)(H,13,14);/b6-5+;. The minimum Gasteiger partial charge on any atom is -0.478 e. The molecule has 0 fully saturated rings. The van der Waals surface area contributed by atoms with Crippen LogP contribution in [0, 0.1) is 0 Å². The zero-order valence-electron chi connectivity index (χ0n) is 7.35. The van der Waals surface area contributed by atoms with Gasteiger partial charge in [0.1, 0.15) is 0 Å². The van der Waals surface area contributed by atoms with Crippen molar-refractivity contribution in [2.45, 2.75) is 0 Å². The monoisotopic (exact) mass is 256 g/mol. The van der Waals surface area contributed by atoms with E-state index in [0.717, 1.165) is 0 Å². The van der Waals surface area contributed by atoms with Gasteiger partial charge in [0.25, 0.3) is 0 Å². The Morgan fingerprint density at radius 2 is 1.93 bits per heavy atom. The summed E-state index contributed by atoms with van der Waals surface area (Å²) in [5.41, 5.74) is -0.208. The molecule has 0 bridgehead atoms. The number of rotatable bonds is 3. The largest absolute Gasteiger partial charge is 0.478 e. The van der Waals surface area contributed by atoms with Gasteiger partial charge in [0, 0.05) is 29.3 Å². The summed E-state index contributed by atoms with van der Waals surface area (Å²) in [5.74, 6) is -2.63. The Morgan fingerprint density at radius 3 is 2.33 bits per heavy atom. The van der Waals surface area contributed by atoms with E-state index >= 15 is 0 Å². The summed E-state index contributed by atoms with van der Waals surface area (Å²) in [6.07, 6.45) is 2.01. The fraction of sp³-hybridized carbons (Fsp3) is 0. The van der Waals surface area contributed by atoms with Crippen molar-refractivity contribution >= 4 is 17.5 Å². The van der Waals surface area contributed by atoms with Crippen molar-refractivity contribution in [3.8, 4) is 0 Å². The average molecular weight is 257 g/mol. The van der Waals surface area contributed by atoms with Gasteiger partial charge in [-0.2, -0.15) is 0 Å². The van der Waals surface area contributed by atoms with Gasteiger partial charge in [0.15, 0.2) is 0 Å². The van der Waals surface area contributed by atoms with E-state index in [-0.39, 0.29) is 28.3 Å². The first-order valence-corrected chi connectivity index (χ1v) is 3.70. The molecule has 5 nitrogen and oxygen atoms in total. The van der Waals surface area contributed by atoms with Gasteiger partial charge >= 0.3 is 11.9 Å². The van der Waals surface area contributed by atoms with E-state index < -0.39 is 11.9 Å². The molecule has 1 aromatic rings. The molecule has 0 unspecified atom stereocenters. The molecule has 6 heteroatoms. The van der Waals surface area contributed by atoms with E-state index in [1.165, 1.54) is 12.3 Å². The summed E-state index contributed by atoms with van der Waals surface area (Å²) in [6, 6.07) is 4.63. The number of pyridine rings is 1. The molecule has 0 spiro atoms. The van der Waals surface area contributed by atoms with Crippen LogP contribution in [0.15, 0.2) is 30.5 Å². The quantitative estimate of drug-likeness (QED) is 0.612. The molecule has 0 aromatic carbocycles. The van der Waals surface area contributed by atoms with Crippen molar-refractivity contribution in [3.05, 3.63) is 36.2 Å². The number of nitrogens with zero attached hydrogens (tertiary/aromatic N) is 1. The topological polar surface area (TPSA) is 87.5 Å². The summed E-state index contributed by atoms with van der Waals surface area (Å²) in [6.45, 7) is 0. The zero-order valence-corrected chi connectivity index (χ0v) is 8.29. The van der Waals surface area contributed by atoms with Crippen LogP contribution in [0.5, 0.6) is 0 Å². The van der Waals surface area contributed by atoms with Gasteiger partial charge in [-0.25, -0.2) is 9.59 Å². The fourth-order valence-corrected chi connectivity index (χ4v) is 0.891. The number of hydrogen-bond acceptors (Lipinski definition) is 3. The van der Waals surface area contributed by atoms with E-state index in [4.69, 9.17) is 10.2 Å². The molecular formula is C9H7CuNO4. The number of carboxylic acids is 2. The van der Waals surface area contributed by atoms with Crippen LogP contribution in [-0.2, 0) is 26.7 Å². The van der Waals surface area contributed by atoms with E-state index in [2.05, 4.69) is 4.98 Å². The molecule has 0 saturated heterocycles. The van der Waals surface area contributed by atoms with Gasteiger partial charge in [0.2, 0.25) is 0 Å². The third-order valence-corrected chi connectivity index (χ3v) is 1.44. The Morgan fingerprint density at radius 1 is 1.27 bits per heavy atom. The second-order valence-corrected chi connectivity index (χ2v) is 2.42. The van der Waals surface area contributed by atoms with E-state index in [0.29, 0.717) is 6.08 Å². The minimum atomic E-state index is -1.31. The van der Waals surface area contributed by atoms with Crippen LogP contribution in [0.1, 0.15) is 5.69 Å². The molecule has 1 radical (unpaired) electrons. The maximum absolute atomic E-state index is 10.7. The van der Waals surface area contributed by atoms with Crippen molar-refractivity contribution in [1.29, 1.82) is 0 Å². The molecule has 0 atom stereocenters. The third-order valence-electron chi connectivity index (χ3n) is 1.44.